The average Bonchev–Trinajstić information content (AvgIpc) is 3.35. The van der Waals surface area contributed by atoms with Crippen LogP contribution >= 0.6 is 11.3 Å². The third-order valence-corrected chi connectivity index (χ3v) is 8.37. The Balaban J connectivity index is 0.00000616. The molecule has 1 N–H and O–H groups in total. The second kappa shape index (κ2) is 20.4. The molecule has 0 spiro atoms. The first kappa shape index (κ1) is 35.7. The van der Waals surface area contributed by atoms with E-state index < -0.39 is 0 Å². The third-order valence-electron chi connectivity index (χ3n) is 7.51. The Morgan fingerprint density at radius 2 is 1.52 bits per heavy atom. The molecular weight excluding hydrogens is 608 g/mol. The summed E-state index contributed by atoms with van der Waals surface area (Å²) in [7, 11) is 0. The molecule has 42 heavy (non-hydrogen) atoms. The lowest BCUT2D eigenvalue weighted by Gasteiger charge is -2.15. The molecule has 3 aromatic rings. The van der Waals surface area contributed by atoms with Gasteiger partial charge < -0.3 is 27.0 Å². The van der Waals surface area contributed by atoms with Gasteiger partial charge in [-0.05, 0) is 31.5 Å². The molecule has 0 aliphatic heterocycles. The molecule has 1 amide bonds. The Bertz CT molecular complexity index is 1230. The van der Waals surface area contributed by atoms with Crippen LogP contribution in [0.15, 0.2) is 53.4 Å². The monoisotopic (exact) mass is 656 g/mol. The quantitative estimate of drug-likeness (QED) is 0.0942. The number of carbonyl (C=O) groups is 2. The fraction of sp³-hybridized carbons (Fsp3) is 0.514. The molecule has 0 atom stereocenters. The predicted octanol–water partition coefficient (Wildman–Crippen LogP) is 5.86. The Morgan fingerprint density at radius 1 is 0.881 bits per heavy atom. The molecule has 7 heteroatoms. The number of Topliss-reactive ketones (excluding diaryl/α,β-unsaturated/α-hetero) is 1. The van der Waals surface area contributed by atoms with Crippen LogP contribution in [0.5, 0.6) is 5.75 Å². The van der Waals surface area contributed by atoms with Gasteiger partial charge in [0.15, 0.2) is 18.0 Å². The van der Waals surface area contributed by atoms with Crippen LogP contribution in [-0.4, -0.2) is 18.3 Å². The summed E-state index contributed by atoms with van der Waals surface area (Å²) in [5, 5.41) is 5.16. The number of nitrogens with one attached hydrogen (secondary N) is 1. The molecule has 1 heterocycles. The Morgan fingerprint density at radius 3 is 2.14 bits per heavy atom. The van der Waals surface area contributed by atoms with Gasteiger partial charge in [0.05, 0.1) is 24.0 Å². The summed E-state index contributed by atoms with van der Waals surface area (Å²) in [4.78, 5) is 25.4. The number of carbonyl (C=O) groups excluding carboxylic acids is 2. The van der Waals surface area contributed by atoms with Crippen LogP contribution in [0.3, 0.4) is 0 Å². The van der Waals surface area contributed by atoms with E-state index in [1.54, 1.807) is 24.3 Å². The summed E-state index contributed by atoms with van der Waals surface area (Å²) in [5.41, 5.74) is 6.49. The van der Waals surface area contributed by atoms with Crippen molar-refractivity contribution in [3.05, 3.63) is 75.7 Å². The molecule has 0 aliphatic rings. The van der Waals surface area contributed by atoms with E-state index in [2.05, 4.69) is 40.7 Å². The van der Waals surface area contributed by atoms with Gasteiger partial charge in [0.2, 0.25) is 11.4 Å². The third kappa shape index (κ3) is 12.8. The van der Waals surface area contributed by atoms with Crippen molar-refractivity contribution in [2.24, 2.45) is 0 Å². The number of para-hydroxylation sites is 1. The number of aryl methyl sites for hydroxylation is 1. The van der Waals surface area contributed by atoms with Crippen molar-refractivity contribution in [1.29, 1.82) is 0 Å². The summed E-state index contributed by atoms with van der Waals surface area (Å²) in [6.07, 6.45) is 15.6. The fourth-order valence-corrected chi connectivity index (χ4v) is 5.91. The zero-order valence-electron chi connectivity index (χ0n) is 25.8. The van der Waals surface area contributed by atoms with Crippen LogP contribution in [-0.2, 0) is 17.8 Å². The highest BCUT2D eigenvalue weighted by Gasteiger charge is 2.17. The van der Waals surface area contributed by atoms with Crippen molar-refractivity contribution in [3.63, 3.8) is 0 Å². The minimum Gasteiger partial charge on any atom is -1.00 e. The molecule has 5 nitrogen and oxygen atoms in total. The van der Waals surface area contributed by atoms with Crippen molar-refractivity contribution in [1.82, 2.24) is 0 Å². The maximum Gasteiger partial charge on any atom is 0.228 e. The SMILES string of the molecule is CCCCCCCCCCCCCCOc1c(CC(=O)Nc2cccc(C[n+]3cscc3C)c2)cccc1C(C)=O.[Br-]. The molecule has 230 valence electrons. The van der Waals surface area contributed by atoms with Gasteiger partial charge in [-0.15, -0.1) is 0 Å². The number of benzene rings is 2. The molecule has 2 aromatic carbocycles. The number of nitrogens with zero attached hydrogens (tertiary/aromatic N) is 1. The van der Waals surface area contributed by atoms with Crippen LogP contribution in [0.2, 0.25) is 0 Å². The minimum atomic E-state index is -0.127. The Hall–Kier alpha value is -2.51. The number of rotatable bonds is 20. The molecule has 0 aliphatic carbocycles. The molecule has 0 bridgehead atoms. The van der Waals surface area contributed by atoms with Crippen molar-refractivity contribution < 1.29 is 35.9 Å². The number of ketones is 1. The smallest absolute Gasteiger partial charge is 0.228 e. The van der Waals surface area contributed by atoms with Crippen LogP contribution in [0.25, 0.3) is 0 Å². The van der Waals surface area contributed by atoms with Crippen LogP contribution in [0.1, 0.15) is 118 Å². The van der Waals surface area contributed by atoms with E-state index in [1.165, 1.54) is 69.9 Å². The zero-order chi connectivity index (χ0) is 29.3. The molecule has 0 radical (unpaired) electrons. The van der Waals surface area contributed by atoms with Gasteiger partial charge >= 0.3 is 0 Å². The number of aromatic nitrogens is 1. The van der Waals surface area contributed by atoms with Crippen molar-refractivity contribution in [2.75, 3.05) is 11.9 Å². The number of halogens is 1. The van der Waals surface area contributed by atoms with E-state index in [4.69, 9.17) is 4.74 Å². The second-order valence-corrected chi connectivity index (χ2v) is 11.9. The maximum absolute atomic E-state index is 13.0. The first-order chi connectivity index (χ1) is 20.0. The van der Waals surface area contributed by atoms with Crippen LogP contribution in [0.4, 0.5) is 5.69 Å². The number of unbranched alkanes of at least 4 members (excludes halogenated alkanes) is 11. The number of anilines is 1. The van der Waals surface area contributed by atoms with Crippen molar-refractivity contribution >= 4 is 28.7 Å². The van der Waals surface area contributed by atoms with Crippen LogP contribution in [0, 0.1) is 6.92 Å². The molecular formula is C35H49BrN2O3S. The Kier molecular flexibility index (Phi) is 17.3. The van der Waals surface area contributed by atoms with Gasteiger partial charge in [0.1, 0.15) is 5.75 Å². The topological polar surface area (TPSA) is 59.3 Å². The van der Waals surface area contributed by atoms with E-state index in [0.29, 0.717) is 17.9 Å². The predicted molar refractivity (Wildman–Crippen MR) is 170 cm³/mol. The average molecular weight is 658 g/mol. The Labute approximate surface area is 267 Å². The van der Waals surface area contributed by atoms with Crippen LogP contribution < -0.4 is 31.6 Å². The molecule has 0 unspecified atom stereocenters. The van der Waals surface area contributed by atoms with E-state index in [-0.39, 0.29) is 35.1 Å². The molecule has 3 rings (SSSR count). The number of ether oxygens (including phenoxy) is 1. The summed E-state index contributed by atoms with van der Waals surface area (Å²) >= 11 is 1.68. The highest BCUT2D eigenvalue weighted by Crippen LogP contribution is 2.26. The number of hydrogen-bond donors (Lipinski definition) is 1. The van der Waals surface area contributed by atoms with Gasteiger partial charge in [-0.3, -0.25) is 9.59 Å². The normalized spacial score (nSPS) is 10.7. The molecule has 1 aromatic heterocycles. The minimum absolute atomic E-state index is 0. The first-order valence-electron chi connectivity index (χ1n) is 15.5. The lowest BCUT2D eigenvalue weighted by molar-refractivity contribution is -0.689. The summed E-state index contributed by atoms with van der Waals surface area (Å²) in [5.74, 6) is 0.375. The fourth-order valence-electron chi connectivity index (χ4n) is 5.13. The summed E-state index contributed by atoms with van der Waals surface area (Å²) in [6.45, 7) is 7.22. The van der Waals surface area contributed by atoms with Gasteiger partial charge in [0, 0.05) is 23.7 Å². The number of amides is 1. The lowest BCUT2D eigenvalue weighted by Crippen LogP contribution is -3.00. The zero-order valence-corrected chi connectivity index (χ0v) is 28.2. The standard InChI is InChI=1S/C35H48N2O3S.BrH/c1-4-5-6-7-8-9-10-11-12-13-14-15-22-40-35-31(19-17-21-33(35)29(3)38)24-34(39)36-32-20-16-18-30(23-32)25-37-27-41-26-28(37)2;/h16-21,23,26-27H,4-15,22,24-25H2,1-3H3;1H. The number of thiazole rings is 1. The highest BCUT2D eigenvalue weighted by atomic mass is 79.9. The molecule has 0 saturated carbocycles. The van der Waals surface area contributed by atoms with Gasteiger partial charge in [-0.1, -0.05) is 113 Å². The van der Waals surface area contributed by atoms with Gasteiger partial charge in [0.25, 0.3) is 0 Å². The van der Waals surface area contributed by atoms with Gasteiger partial charge in [-0.25, -0.2) is 0 Å². The number of hydrogen-bond acceptors (Lipinski definition) is 4. The van der Waals surface area contributed by atoms with E-state index in [0.717, 1.165) is 36.2 Å². The summed E-state index contributed by atoms with van der Waals surface area (Å²) in [6, 6.07) is 13.5. The van der Waals surface area contributed by atoms with E-state index in [1.807, 2.05) is 30.3 Å². The first-order valence-corrected chi connectivity index (χ1v) is 16.5. The maximum atomic E-state index is 13.0. The second-order valence-electron chi connectivity index (χ2n) is 11.1. The molecule has 0 fully saturated rings. The van der Waals surface area contributed by atoms with E-state index >= 15 is 0 Å². The lowest BCUT2D eigenvalue weighted by atomic mass is 10.0. The highest BCUT2D eigenvalue weighted by molar-refractivity contribution is 7.07. The van der Waals surface area contributed by atoms with Crippen molar-refractivity contribution in [3.8, 4) is 5.75 Å². The largest absolute Gasteiger partial charge is 1.00 e. The van der Waals surface area contributed by atoms with Crippen molar-refractivity contribution in [2.45, 2.75) is 111 Å². The van der Waals surface area contributed by atoms with Gasteiger partial charge in [-0.2, -0.15) is 4.57 Å². The molecule has 0 saturated heterocycles. The summed E-state index contributed by atoms with van der Waals surface area (Å²) < 4.78 is 8.35. The van der Waals surface area contributed by atoms with E-state index in [9.17, 15) is 9.59 Å².